The molecule has 0 saturated carbocycles. The van der Waals surface area contributed by atoms with Gasteiger partial charge >= 0.3 is 0 Å². The summed E-state index contributed by atoms with van der Waals surface area (Å²) in [4.78, 5) is 0. The van der Waals surface area contributed by atoms with E-state index < -0.39 is 12.4 Å². The van der Waals surface area contributed by atoms with Crippen molar-refractivity contribution in [3.8, 4) is 0 Å². The summed E-state index contributed by atoms with van der Waals surface area (Å²) in [5, 5.41) is 8.94. The lowest BCUT2D eigenvalue weighted by molar-refractivity contribution is -0.160. The Morgan fingerprint density at radius 2 is 1.89 bits per heavy atom. The maximum Gasteiger partial charge on any atom is 0.183 e. The van der Waals surface area contributed by atoms with Crippen LogP contribution in [-0.4, -0.2) is 38.3 Å². The lowest BCUT2D eigenvalue weighted by atomic mass is 10.3. The lowest BCUT2D eigenvalue weighted by Crippen LogP contribution is -2.35. The van der Waals surface area contributed by atoms with E-state index >= 15 is 0 Å². The van der Waals surface area contributed by atoms with Crippen molar-refractivity contribution < 1.29 is 14.6 Å². The molecule has 0 rings (SSSR count). The standard InChI is InChI=1S/C5H13NO3/c1-8-5(9-2)4(7)3-6/h4-5,7H,3,6H2,1-2H3. The third-order valence-electron chi connectivity index (χ3n) is 1.02. The fraction of sp³-hybridized carbons (Fsp3) is 1.00. The predicted molar refractivity (Wildman–Crippen MR) is 32.9 cm³/mol. The SMILES string of the molecule is COC(OC)C(O)CN. The minimum Gasteiger partial charge on any atom is -0.386 e. The summed E-state index contributed by atoms with van der Waals surface area (Å²) in [6.07, 6.45) is -1.34. The van der Waals surface area contributed by atoms with Gasteiger partial charge in [0.05, 0.1) is 0 Å². The van der Waals surface area contributed by atoms with Gasteiger partial charge in [-0.3, -0.25) is 0 Å². The first-order chi connectivity index (χ1) is 4.26. The third kappa shape index (κ3) is 2.76. The average Bonchev–Trinajstić information content (AvgIpc) is 1.90. The first-order valence-corrected chi connectivity index (χ1v) is 2.70. The van der Waals surface area contributed by atoms with Crippen LogP contribution in [0.2, 0.25) is 0 Å². The molecule has 0 radical (unpaired) electrons. The van der Waals surface area contributed by atoms with Gasteiger partial charge in [0, 0.05) is 20.8 Å². The molecule has 0 amide bonds. The third-order valence-corrected chi connectivity index (χ3v) is 1.02. The molecule has 0 heterocycles. The van der Waals surface area contributed by atoms with E-state index in [-0.39, 0.29) is 6.54 Å². The van der Waals surface area contributed by atoms with Gasteiger partial charge in [0.2, 0.25) is 0 Å². The van der Waals surface area contributed by atoms with Crippen LogP contribution >= 0.6 is 0 Å². The average molecular weight is 135 g/mol. The normalized spacial score (nSPS) is 14.3. The van der Waals surface area contributed by atoms with Crippen molar-refractivity contribution in [2.24, 2.45) is 5.73 Å². The molecule has 0 aromatic heterocycles. The number of hydrogen-bond donors (Lipinski definition) is 2. The van der Waals surface area contributed by atoms with Crippen LogP contribution in [0.3, 0.4) is 0 Å². The number of aliphatic hydroxyl groups excluding tert-OH is 1. The van der Waals surface area contributed by atoms with Crippen LogP contribution in [0.1, 0.15) is 0 Å². The molecule has 0 fully saturated rings. The highest BCUT2D eigenvalue weighted by Gasteiger charge is 2.14. The minimum absolute atomic E-state index is 0.145. The Morgan fingerprint density at radius 1 is 1.44 bits per heavy atom. The molecular weight excluding hydrogens is 122 g/mol. The van der Waals surface area contributed by atoms with Crippen molar-refractivity contribution in [1.82, 2.24) is 0 Å². The van der Waals surface area contributed by atoms with Crippen LogP contribution in [-0.2, 0) is 9.47 Å². The number of hydrogen-bond acceptors (Lipinski definition) is 4. The predicted octanol–water partition coefficient (Wildman–Crippen LogP) is -1.08. The largest absolute Gasteiger partial charge is 0.386 e. The molecule has 0 saturated heterocycles. The monoisotopic (exact) mass is 135 g/mol. The summed E-state index contributed by atoms with van der Waals surface area (Å²) >= 11 is 0. The quantitative estimate of drug-likeness (QED) is 0.481. The van der Waals surface area contributed by atoms with Gasteiger partial charge in [-0.15, -0.1) is 0 Å². The second kappa shape index (κ2) is 4.69. The molecule has 1 unspecified atom stereocenters. The minimum atomic E-state index is -0.736. The molecule has 0 aliphatic heterocycles. The Morgan fingerprint density at radius 3 is 2.00 bits per heavy atom. The van der Waals surface area contributed by atoms with Crippen LogP contribution < -0.4 is 5.73 Å². The van der Waals surface area contributed by atoms with Gasteiger partial charge in [-0.2, -0.15) is 0 Å². The van der Waals surface area contributed by atoms with Crippen molar-refractivity contribution >= 4 is 0 Å². The molecule has 4 heteroatoms. The Balaban J connectivity index is 3.50. The zero-order chi connectivity index (χ0) is 7.28. The zero-order valence-corrected chi connectivity index (χ0v) is 5.70. The number of ether oxygens (including phenoxy) is 2. The number of methoxy groups -OCH3 is 2. The summed E-state index contributed by atoms with van der Waals surface area (Å²) in [5.74, 6) is 0. The fourth-order valence-electron chi connectivity index (χ4n) is 0.522. The smallest absolute Gasteiger partial charge is 0.183 e. The molecule has 0 aliphatic carbocycles. The first kappa shape index (κ1) is 8.84. The molecular formula is C5H13NO3. The van der Waals surface area contributed by atoms with Gasteiger partial charge in [-0.05, 0) is 0 Å². The molecule has 56 valence electrons. The molecule has 0 aliphatic rings. The molecule has 0 aromatic carbocycles. The van der Waals surface area contributed by atoms with E-state index in [4.69, 9.17) is 20.3 Å². The van der Waals surface area contributed by atoms with E-state index in [0.29, 0.717) is 0 Å². The summed E-state index contributed by atoms with van der Waals surface area (Å²) in [6, 6.07) is 0. The maximum absolute atomic E-state index is 8.94. The number of nitrogens with two attached hydrogens (primary N) is 1. The molecule has 0 aromatic rings. The van der Waals surface area contributed by atoms with E-state index in [1.807, 2.05) is 0 Å². The van der Waals surface area contributed by atoms with Gasteiger partial charge in [-0.25, -0.2) is 0 Å². The number of aliphatic hydroxyl groups is 1. The van der Waals surface area contributed by atoms with Crippen LogP contribution in [0.4, 0.5) is 0 Å². The highest BCUT2D eigenvalue weighted by Crippen LogP contribution is 1.95. The van der Waals surface area contributed by atoms with E-state index in [9.17, 15) is 0 Å². The van der Waals surface area contributed by atoms with E-state index in [1.165, 1.54) is 14.2 Å². The summed E-state index contributed by atoms with van der Waals surface area (Å²) in [7, 11) is 2.90. The second-order valence-corrected chi connectivity index (χ2v) is 1.64. The van der Waals surface area contributed by atoms with Crippen LogP contribution in [0.25, 0.3) is 0 Å². The molecule has 9 heavy (non-hydrogen) atoms. The van der Waals surface area contributed by atoms with Crippen molar-refractivity contribution in [2.45, 2.75) is 12.4 Å². The van der Waals surface area contributed by atoms with Crippen molar-refractivity contribution in [3.05, 3.63) is 0 Å². The lowest BCUT2D eigenvalue weighted by Gasteiger charge is -2.17. The van der Waals surface area contributed by atoms with Crippen LogP contribution in [0.15, 0.2) is 0 Å². The topological polar surface area (TPSA) is 64.7 Å². The van der Waals surface area contributed by atoms with Crippen LogP contribution in [0.5, 0.6) is 0 Å². The van der Waals surface area contributed by atoms with Crippen molar-refractivity contribution in [3.63, 3.8) is 0 Å². The summed E-state index contributed by atoms with van der Waals surface area (Å²) in [6.45, 7) is 0.145. The Labute approximate surface area is 54.6 Å². The highest BCUT2D eigenvalue weighted by molar-refractivity contribution is 4.58. The number of rotatable bonds is 4. The molecule has 4 nitrogen and oxygen atoms in total. The Hall–Kier alpha value is -0.160. The molecule has 0 spiro atoms. The summed E-state index contributed by atoms with van der Waals surface area (Å²) < 4.78 is 9.40. The van der Waals surface area contributed by atoms with Crippen molar-refractivity contribution in [2.75, 3.05) is 20.8 Å². The zero-order valence-electron chi connectivity index (χ0n) is 5.70. The Kier molecular flexibility index (Phi) is 4.61. The van der Waals surface area contributed by atoms with Gasteiger partial charge in [-0.1, -0.05) is 0 Å². The highest BCUT2D eigenvalue weighted by atomic mass is 16.7. The summed E-state index contributed by atoms with van der Waals surface area (Å²) in [5.41, 5.74) is 5.11. The Bertz CT molecular complexity index is 65.2. The van der Waals surface area contributed by atoms with E-state index in [0.717, 1.165) is 0 Å². The van der Waals surface area contributed by atoms with E-state index in [1.54, 1.807) is 0 Å². The van der Waals surface area contributed by atoms with Crippen LogP contribution in [0, 0.1) is 0 Å². The maximum atomic E-state index is 8.94. The van der Waals surface area contributed by atoms with Gasteiger partial charge < -0.3 is 20.3 Å². The van der Waals surface area contributed by atoms with Gasteiger partial charge in [0.15, 0.2) is 6.29 Å². The fourth-order valence-corrected chi connectivity index (χ4v) is 0.522. The molecule has 0 bridgehead atoms. The first-order valence-electron chi connectivity index (χ1n) is 2.70. The van der Waals surface area contributed by atoms with Gasteiger partial charge in [0.25, 0.3) is 0 Å². The van der Waals surface area contributed by atoms with Gasteiger partial charge in [0.1, 0.15) is 6.10 Å². The molecule has 3 N–H and O–H groups in total. The van der Waals surface area contributed by atoms with Crippen molar-refractivity contribution in [1.29, 1.82) is 0 Å². The second-order valence-electron chi connectivity index (χ2n) is 1.64. The van der Waals surface area contributed by atoms with E-state index in [2.05, 4.69) is 0 Å². The molecule has 1 atom stereocenters.